The molecule has 1 aliphatic rings. The molecular formula is C10H16O4. The molecule has 0 aromatic rings. The highest BCUT2D eigenvalue weighted by Crippen LogP contribution is 2.40. The number of carbonyl (C=O) groups excluding carboxylic acids is 2. The monoisotopic (exact) mass is 200 g/mol. The van der Waals surface area contributed by atoms with E-state index in [1.807, 2.05) is 0 Å². The first-order valence-electron chi connectivity index (χ1n) is 4.76. The molecule has 0 saturated heterocycles. The Labute approximate surface area is 83.6 Å². The maximum Gasteiger partial charge on any atom is 0.315 e. The number of hydrogen-bond acceptors (Lipinski definition) is 4. The van der Waals surface area contributed by atoms with Crippen molar-refractivity contribution in [2.45, 2.75) is 39.2 Å². The molecule has 0 aromatic carbocycles. The molecule has 4 nitrogen and oxygen atoms in total. The Morgan fingerprint density at radius 2 is 2.07 bits per heavy atom. The zero-order chi connectivity index (χ0) is 10.8. The van der Waals surface area contributed by atoms with Crippen LogP contribution in [0.15, 0.2) is 0 Å². The topological polar surface area (TPSA) is 52.6 Å². The summed E-state index contributed by atoms with van der Waals surface area (Å²) >= 11 is 0. The Balaban J connectivity index is 2.75. The summed E-state index contributed by atoms with van der Waals surface area (Å²) in [5.74, 6) is -0.631. The SMILES string of the molecule is COC(=O)C1(C)CCCC1OC(C)=O. The largest absolute Gasteiger partial charge is 0.468 e. The third-order valence-corrected chi connectivity index (χ3v) is 2.83. The van der Waals surface area contributed by atoms with Crippen molar-refractivity contribution in [1.82, 2.24) is 0 Å². The first-order valence-corrected chi connectivity index (χ1v) is 4.76. The van der Waals surface area contributed by atoms with Gasteiger partial charge in [-0.05, 0) is 26.2 Å². The second-order valence-electron chi connectivity index (χ2n) is 3.90. The number of hydrogen-bond donors (Lipinski definition) is 0. The molecule has 0 heterocycles. The van der Waals surface area contributed by atoms with Gasteiger partial charge in [-0.2, -0.15) is 0 Å². The van der Waals surface area contributed by atoms with Crippen LogP contribution < -0.4 is 0 Å². The van der Waals surface area contributed by atoms with Gasteiger partial charge in [-0.1, -0.05) is 0 Å². The van der Waals surface area contributed by atoms with E-state index in [-0.39, 0.29) is 18.0 Å². The van der Waals surface area contributed by atoms with Gasteiger partial charge in [0.25, 0.3) is 0 Å². The van der Waals surface area contributed by atoms with Crippen LogP contribution in [-0.2, 0) is 19.1 Å². The van der Waals surface area contributed by atoms with Crippen molar-refractivity contribution in [3.63, 3.8) is 0 Å². The van der Waals surface area contributed by atoms with Crippen LogP contribution in [0.2, 0.25) is 0 Å². The number of esters is 2. The van der Waals surface area contributed by atoms with Crippen molar-refractivity contribution in [3.8, 4) is 0 Å². The van der Waals surface area contributed by atoms with Gasteiger partial charge in [0.1, 0.15) is 11.5 Å². The third-order valence-electron chi connectivity index (χ3n) is 2.83. The molecule has 2 unspecified atom stereocenters. The predicted molar refractivity (Wildman–Crippen MR) is 49.5 cm³/mol. The predicted octanol–water partition coefficient (Wildman–Crippen LogP) is 1.28. The van der Waals surface area contributed by atoms with Gasteiger partial charge in [0.05, 0.1) is 7.11 Å². The molecule has 1 saturated carbocycles. The van der Waals surface area contributed by atoms with E-state index in [0.29, 0.717) is 0 Å². The maximum atomic E-state index is 11.5. The van der Waals surface area contributed by atoms with Gasteiger partial charge in [0.15, 0.2) is 0 Å². The minimum absolute atomic E-state index is 0.291. The van der Waals surface area contributed by atoms with Gasteiger partial charge in [0, 0.05) is 6.92 Å². The van der Waals surface area contributed by atoms with Crippen LogP contribution in [0.4, 0.5) is 0 Å². The smallest absolute Gasteiger partial charge is 0.315 e. The van der Waals surface area contributed by atoms with Crippen LogP contribution in [0.1, 0.15) is 33.1 Å². The lowest BCUT2D eigenvalue weighted by Gasteiger charge is -2.27. The molecule has 80 valence electrons. The summed E-state index contributed by atoms with van der Waals surface area (Å²) in [5, 5.41) is 0. The summed E-state index contributed by atoms with van der Waals surface area (Å²) in [6.07, 6.45) is 2.03. The molecular weight excluding hydrogens is 184 g/mol. The average molecular weight is 200 g/mol. The van der Waals surface area contributed by atoms with E-state index in [1.54, 1.807) is 6.92 Å². The molecule has 1 aliphatic carbocycles. The lowest BCUT2D eigenvalue weighted by Crippen LogP contribution is -2.38. The highest BCUT2D eigenvalue weighted by molar-refractivity contribution is 5.78. The fraction of sp³-hybridized carbons (Fsp3) is 0.800. The van der Waals surface area contributed by atoms with Crippen molar-refractivity contribution >= 4 is 11.9 Å². The molecule has 4 heteroatoms. The lowest BCUT2D eigenvalue weighted by molar-refractivity contribution is -0.165. The van der Waals surface area contributed by atoms with Gasteiger partial charge >= 0.3 is 11.9 Å². The van der Waals surface area contributed by atoms with Gasteiger partial charge < -0.3 is 9.47 Å². The molecule has 0 radical (unpaired) electrons. The van der Waals surface area contributed by atoms with E-state index in [4.69, 9.17) is 9.47 Å². The number of rotatable bonds is 2. The molecule has 2 atom stereocenters. The Morgan fingerprint density at radius 1 is 1.43 bits per heavy atom. The quantitative estimate of drug-likeness (QED) is 0.630. The number of ether oxygens (including phenoxy) is 2. The van der Waals surface area contributed by atoms with Crippen LogP contribution in [0.5, 0.6) is 0 Å². The van der Waals surface area contributed by atoms with Crippen LogP contribution in [0.25, 0.3) is 0 Å². The first-order chi connectivity index (χ1) is 6.50. The van der Waals surface area contributed by atoms with Crippen LogP contribution >= 0.6 is 0 Å². The van der Waals surface area contributed by atoms with Crippen molar-refractivity contribution in [3.05, 3.63) is 0 Å². The van der Waals surface area contributed by atoms with Gasteiger partial charge in [-0.25, -0.2) is 0 Å². The third kappa shape index (κ3) is 1.89. The molecule has 0 aliphatic heterocycles. The van der Waals surface area contributed by atoms with Gasteiger partial charge in [-0.15, -0.1) is 0 Å². The summed E-state index contributed by atoms with van der Waals surface area (Å²) in [7, 11) is 1.36. The Bertz CT molecular complexity index is 249. The highest BCUT2D eigenvalue weighted by Gasteiger charge is 2.48. The van der Waals surface area contributed by atoms with Crippen LogP contribution in [0.3, 0.4) is 0 Å². The summed E-state index contributed by atoms with van der Waals surface area (Å²) in [6, 6.07) is 0. The number of methoxy groups -OCH3 is 1. The molecule has 0 N–H and O–H groups in total. The molecule has 0 bridgehead atoms. The van der Waals surface area contributed by atoms with E-state index >= 15 is 0 Å². The Hall–Kier alpha value is -1.06. The lowest BCUT2D eigenvalue weighted by atomic mass is 9.86. The minimum Gasteiger partial charge on any atom is -0.468 e. The standard InChI is InChI=1S/C10H16O4/c1-7(11)14-8-5-4-6-10(8,2)9(12)13-3/h8H,4-6H2,1-3H3. The van der Waals surface area contributed by atoms with Crippen LogP contribution in [0, 0.1) is 5.41 Å². The zero-order valence-electron chi connectivity index (χ0n) is 8.83. The summed E-state index contributed by atoms with van der Waals surface area (Å²) < 4.78 is 9.83. The second kappa shape index (κ2) is 3.98. The fourth-order valence-corrected chi connectivity index (χ4v) is 1.99. The normalized spacial score (nSPS) is 31.2. The van der Waals surface area contributed by atoms with E-state index in [0.717, 1.165) is 19.3 Å². The molecule has 1 rings (SSSR count). The number of carbonyl (C=O) groups is 2. The highest BCUT2D eigenvalue weighted by atomic mass is 16.6. The Kier molecular flexibility index (Phi) is 3.13. The molecule has 0 spiro atoms. The zero-order valence-corrected chi connectivity index (χ0v) is 8.83. The van der Waals surface area contributed by atoms with Crippen molar-refractivity contribution < 1.29 is 19.1 Å². The average Bonchev–Trinajstić information content (AvgIpc) is 2.47. The fourth-order valence-electron chi connectivity index (χ4n) is 1.99. The molecule has 0 amide bonds. The van der Waals surface area contributed by atoms with E-state index in [2.05, 4.69) is 0 Å². The van der Waals surface area contributed by atoms with Gasteiger partial charge in [0.2, 0.25) is 0 Å². The first kappa shape index (κ1) is 11.0. The summed E-state index contributed by atoms with van der Waals surface area (Å²) in [5.41, 5.74) is -0.652. The second-order valence-corrected chi connectivity index (χ2v) is 3.90. The van der Waals surface area contributed by atoms with Gasteiger partial charge in [-0.3, -0.25) is 9.59 Å². The van der Waals surface area contributed by atoms with Crippen LogP contribution in [-0.4, -0.2) is 25.2 Å². The Morgan fingerprint density at radius 3 is 2.57 bits per heavy atom. The molecule has 1 fully saturated rings. The van der Waals surface area contributed by atoms with Crippen molar-refractivity contribution in [1.29, 1.82) is 0 Å². The van der Waals surface area contributed by atoms with E-state index < -0.39 is 5.41 Å². The molecule has 14 heavy (non-hydrogen) atoms. The minimum atomic E-state index is -0.652. The summed E-state index contributed by atoms with van der Waals surface area (Å²) in [6.45, 7) is 3.15. The van der Waals surface area contributed by atoms with E-state index in [1.165, 1.54) is 14.0 Å². The van der Waals surface area contributed by atoms with Crippen molar-refractivity contribution in [2.24, 2.45) is 5.41 Å². The van der Waals surface area contributed by atoms with E-state index in [9.17, 15) is 9.59 Å². The summed E-state index contributed by atoms with van der Waals surface area (Å²) in [4.78, 5) is 22.3. The maximum absolute atomic E-state index is 11.5. The van der Waals surface area contributed by atoms with Crippen molar-refractivity contribution in [2.75, 3.05) is 7.11 Å². The molecule has 0 aromatic heterocycles.